The van der Waals surface area contributed by atoms with Crippen LogP contribution in [0.1, 0.15) is 16.1 Å². The van der Waals surface area contributed by atoms with E-state index in [0.29, 0.717) is 16.4 Å². The van der Waals surface area contributed by atoms with Gasteiger partial charge in [-0.25, -0.2) is 5.43 Å². The van der Waals surface area contributed by atoms with Gasteiger partial charge in [0.25, 0.3) is 5.91 Å². The van der Waals surface area contributed by atoms with E-state index in [-0.39, 0.29) is 5.91 Å². The van der Waals surface area contributed by atoms with Crippen molar-refractivity contribution in [1.82, 2.24) is 15.6 Å². The van der Waals surface area contributed by atoms with Gasteiger partial charge in [-0.1, -0.05) is 60.1 Å². The molecule has 0 spiro atoms. The van der Waals surface area contributed by atoms with Crippen molar-refractivity contribution in [3.63, 3.8) is 0 Å². The molecule has 0 saturated carbocycles. The first kappa shape index (κ1) is 17.0. The first-order valence-corrected chi connectivity index (χ1v) is 8.70. The quantitative estimate of drug-likeness (QED) is 0.403. The zero-order valence-electron chi connectivity index (χ0n) is 14.2. The van der Waals surface area contributed by atoms with Crippen LogP contribution >= 0.6 is 11.6 Å². The Hall–Kier alpha value is -3.44. The molecule has 0 radical (unpaired) electrons. The highest BCUT2D eigenvalue weighted by molar-refractivity contribution is 6.30. The number of aromatic amines is 1. The van der Waals surface area contributed by atoms with Gasteiger partial charge in [0.2, 0.25) is 0 Å². The van der Waals surface area contributed by atoms with Crippen LogP contribution in [0.25, 0.3) is 22.0 Å². The molecule has 5 nitrogen and oxygen atoms in total. The fourth-order valence-electron chi connectivity index (χ4n) is 2.71. The number of hydrogen-bond acceptors (Lipinski definition) is 3. The van der Waals surface area contributed by atoms with Crippen LogP contribution < -0.4 is 5.43 Å². The minimum absolute atomic E-state index is 0.339. The fraction of sp³-hybridized carbons (Fsp3) is 0. The Bertz CT molecular complexity index is 1130. The predicted molar refractivity (Wildman–Crippen MR) is 108 cm³/mol. The van der Waals surface area contributed by atoms with E-state index in [2.05, 4.69) is 26.8 Å². The zero-order valence-corrected chi connectivity index (χ0v) is 14.9. The summed E-state index contributed by atoms with van der Waals surface area (Å²) in [6.07, 6.45) is 1.55. The molecule has 0 fully saturated rings. The second-order valence-electron chi connectivity index (χ2n) is 5.98. The molecule has 1 heterocycles. The molecule has 0 aliphatic heterocycles. The third kappa shape index (κ3) is 3.88. The van der Waals surface area contributed by atoms with Gasteiger partial charge in [-0.15, -0.1) is 0 Å². The lowest BCUT2D eigenvalue weighted by molar-refractivity contribution is 0.0950. The van der Waals surface area contributed by atoms with E-state index in [9.17, 15) is 4.79 Å². The summed E-state index contributed by atoms with van der Waals surface area (Å²) in [5, 5.41) is 13.9. The molecule has 6 heteroatoms. The monoisotopic (exact) mass is 374 g/mol. The number of nitrogens with one attached hydrogen (secondary N) is 2. The highest BCUT2D eigenvalue weighted by atomic mass is 35.5. The summed E-state index contributed by atoms with van der Waals surface area (Å²) in [6.45, 7) is 0. The first-order chi connectivity index (χ1) is 13.2. The van der Waals surface area contributed by atoms with E-state index in [1.54, 1.807) is 24.4 Å². The summed E-state index contributed by atoms with van der Waals surface area (Å²) >= 11 is 5.84. The van der Waals surface area contributed by atoms with Gasteiger partial charge < -0.3 is 0 Å². The van der Waals surface area contributed by atoms with Gasteiger partial charge in [-0.3, -0.25) is 9.89 Å². The van der Waals surface area contributed by atoms with Crippen LogP contribution in [0.15, 0.2) is 77.9 Å². The van der Waals surface area contributed by atoms with E-state index in [1.165, 1.54) is 0 Å². The lowest BCUT2D eigenvalue weighted by Crippen LogP contribution is -2.17. The maximum absolute atomic E-state index is 12.2. The number of hydrazone groups is 1. The fourth-order valence-corrected chi connectivity index (χ4v) is 2.84. The van der Waals surface area contributed by atoms with Crippen LogP contribution in [0.3, 0.4) is 0 Å². The summed E-state index contributed by atoms with van der Waals surface area (Å²) in [6, 6.07) is 23.0. The standard InChI is InChI=1S/C21H15ClN4O/c22-18-9-5-14(6-10-18)13-23-26-21(27)20-12-19(24-25-20)17-8-7-15-3-1-2-4-16(15)11-17/h1-13H,(H,24,25)(H,26,27)/b23-13+. The first-order valence-electron chi connectivity index (χ1n) is 8.32. The number of fused-ring (bicyclic) bond motifs is 1. The number of rotatable bonds is 4. The summed E-state index contributed by atoms with van der Waals surface area (Å²) in [4.78, 5) is 12.2. The normalized spacial score (nSPS) is 11.1. The van der Waals surface area contributed by atoms with E-state index >= 15 is 0 Å². The third-order valence-electron chi connectivity index (χ3n) is 4.12. The van der Waals surface area contributed by atoms with Crippen LogP contribution in [0.5, 0.6) is 0 Å². The van der Waals surface area contributed by atoms with E-state index < -0.39 is 0 Å². The molecule has 0 atom stereocenters. The zero-order chi connectivity index (χ0) is 18.6. The van der Waals surface area contributed by atoms with Gasteiger partial charge >= 0.3 is 0 Å². The number of carbonyl (C=O) groups excluding carboxylic acids is 1. The highest BCUT2D eigenvalue weighted by Gasteiger charge is 2.10. The molecule has 1 amide bonds. The Balaban J connectivity index is 1.47. The molecule has 3 aromatic carbocycles. The second-order valence-corrected chi connectivity index (χ2v) is 6.42. The van der Waals surface area contributed by atoms with Gasteiger partial charge in [-0.2, -0.15) is 10.2 Å². The number of aromatic nitrogens is 2. The summed E-state index contributed by atoms with van der Waals surface area (Å²) < 4.78 is 0. The van der Waals surface area contributed by atoms with Gasteiger partial charge in [0, 0.05) is 10.6 Å². The summed E-state index contributed by atoms with van der Waals surface area (Å²) in [7, 11) is 0. The molecular formula is C21H15ClN4O. The van der Waals surface area contributed by atoms with Crippen molar-refractivity contribution in [2.45, 2.75) is 0 Å². The molecule has 0 unspecified atom stereocenters. The molecule has 27 heavy (non-hydrogen) atoms. The maximum atomic E-state index is 12.2. The second kappa shape index (κ2) is 7.43. The molecule has 0 aliphatic rings. The van der Waals surface area contributed by atoms with E-state index in [1.807, 2.05) is 48.5 Å². The molecule has 132 valence electrons. The minimum atomic E-state index is -0.361. The van der Waals surface area contributed by atoms with Crippen LogP contribution in [-0.4, -0.2) is 22.3 Å². The van der Waals surface area contributed by atoms with Crippen molar-refractivity contribution in [1.29, 1.82) is 0 Å². The van der Waals surface area contributed by atoms with Crippen molar-refractivity contribution < 1.29 is 4.79 Å². The highest BCUT2D eigenvalue weighted by Crippen LogP contribution is 2.23. The topological polar surface area (TPSA) is 70.1 Å². The van der Waals surface area contributed by atoms with Crippen LogP contribution in [0.2, 0.25) is 5.02 Å². The molecule has 4 aromatic rings. The Morgan fingerprint density at radius 2 is 1.78 bits per heavy atom. The summed E-state index contributed by atoms with van der Waals surface area (Å²) in [5.74, 6) is -0.361. The minimum Gasteiger partial charge on any atom is -0.272 e. The van der Waals surface area contributed by atoms with Crippen molar-refractivity contribution in [3.8, 4) is 11.3 Å². The molecule has 0 bridgehead atoms. The van der Waals surface area contributed by atoms with E-state index in [0.717, 1.165) is 21.9 Å². The van der Waals surface area contributed by atoms with Crippen LogP contribution in [0.4, 0.5) is 0 Å². The lowest BCUT2D eigenvalue weighted by atomic mass is 10.1. The van der Waals surface area contributed by atoms with Gasteiger partial charge in [-0.05, 0) is 40.6 Å². The van der Waals surface area contributed by atoms with Crippen molar-refractivity contribution in [3.05, 3.63) is 89.1 Å². The number of amides is 1. The van der Waals surface area contributed by atoms with Crippen LogP contribution in [-0.2, 0) is 0 Å². The molecule has 0 saturated heterocycles. The number of H-pyrrole nitrogens is 1. The van der Waals surface area contributed by atoms with Gasteiger partial charge in [0.15, 0.2) is 0 Å². The SMILES string of the molecule is O=C(N/N=C/c1ccc(Cl)cc1)c1cc(-c2ccc3ccccc3c2)n[nH]1. The number of halogens is 1. The Labute approximate surface area is 160 Å². The lowest BCUT2D eigenvalue weighted by Gasteiger charge is -2.00. The number of benzene rings is 3. The van der Waals surface area contributed by atoms with Crippen molar-refractivity contribution >= 4 is 34.5 Å². The van der Waals surface area contributed by atoms with Gasteiger partial charge in [0.05, 0.1) is 11.9 Å². The van der Waals surface area contributed by atoms with Gasteiger partial charge in [0.1, 0.15) is 5.69 Å². The number of carbonyl (C=O) groups is 1. The largest absolute Gasteiger partial charge is 0.289 e. The third-order valence-corrected chi connectivity index (χ3v) is 4.37. The Morgan fingerprint density at radius 3 is 2.59 bits per heavy atom. The maximum Gasteiger partial charge on any atom is 0.289 e. The average Bonchev–Trinajstić information content (AvgIpc) is 3.19. The Kier molecular flexibility index (Phi) is 4.68. The Morgan fingerprint density at radius 1 is 1.00 bits per heavy atom. The van der Waals surface area contributed by atoms with Crippen LogP contribution in [0, 0.1) is 0 Å². The molecule has 0 aliphatic carbocycles. The molecular weight excluding hydrogens is 360 g/mol. The van der Waals surface area contributed by atoms with E-state index in [4.69, 9.17) is 11.6 Å². The molecule has 4 rings (SSSR count). The average molecular weight is 375 g/mol. The molecule has 2 N–H and O–H groups in total. The van der Waals surface area contributed by atoms with Crippen molar-refractivity contribution in [2.24, 2.45) is 5.10 Å². The van der Waals surface area contributed by atoms with Crippen molar-refractivity contribution in [2.75, 3.05) is 0 Å². The smallest absolute Gasteiger partial charge is 0.272 e. The molecule has 1 aromatic heterocycles. The number of nitrogens with zero attached hydrogens (tertiary/aromatic N) is 2. The number of hydrogen-bond donors (Lipinski definition) is 2. The summed E-state index contributed by atoms with van der Waals surface area (Å²) in [5.41, 5.74) is 5.30. The predicted octanol–water partition coefficient (Wildman–Crippen LogP) is 4.65.